The number of benzene rings is 1. The van der Waals surface area contributed by atoms with Crippen LogP contribution in [0.4, 0.5) is 0 Å². The number of nitrogens with zero attached hydrogens (tertiary/aromatic N) is 2. The molecule has 0 bridgehead atoms. The number of aromatic nitrogens is 4. The largest absolute Gasteiger partial charge is 0.342 e. The van der Waals surface area contributed by atoms with Crippen LogP contribution in [-0.2, 0) is 0 Å². The molecule has 0 saturated carbocycles. The molecular weight excluding hydrogens is 236 g/mol. The van der Waals surface area contributed by atoms with Crippen molar-refractivity contribution in [1.82, 2.24) is 19.9 Å². The maximum atomic E-state index is 4.44. The first-order chi connectivity index (χ1) is 9.15. The number of aromatic amines is 2. The summed E-state index contributed by atoms with van der Waals surface area (Å²) in [6.45, 7) is 6.10. The van der Waals surface area contributed by atoms with Crippen LogP contribution in [0, 0.1) is 20.8 Å². The molecule has 4 heteroatoms. The van der Waals surface area contributed by atoms with Gasteiger partial charge >= 0.3 is 0 Å². The number of imidazole rings is 2. The fraction of sp³-hybridized carbons (Fsp3) is 0.200. The zero-order chi connectivity index (χ0) is 13.4. The Balaban J connectivity index is 2.23. The van der Waals surface area contributed by atoms with Gasteiger partial charge in [0.2, 0.25) is 0 Å². The highest BCUT2D eigenvalue weighted by Crippen LogP contribution is 2.31. The van der Waals surface area contributed by atoms with Crippen molar-refractivity contribution in [1.29, 1.82) is 0 Å². The Bertz CT molecular complexity index is 721. The summed E-state index contributed by atoms with van der Waals surface area (Å²) in [6, 6.07) is 6.20. The van der Waals surface area contributed by atoms with E-state index in [0.29, 0.717) is 0 Å². The third-order valence-corrected chi connectivity index (χ3v) is 3.17. The first kappa shape index (κ1) is 11.7. The van der Waals surface area contributed by atoms with E-state index in [4.69, 9.17) is 0 Å². The van der Waals surface area contributed by atoms with Crippen molar-refractivity contribution in [3.63, 3.8) is 0 Å². The predicted molar refractivity (Wildman–Crippen MR) is 75.8 cm³/mol. The molecule has 0 aliphatic rings. The predicted octanol–water partition coefficient (Wildman–Crippen LogP) is 3.39. The summed E-state index contributed by atoms with van der Waals surface area (Å²) in [6.07, 6.45) is 3.69. The van der Waals surface area contributed by atoms with Crippen molar-refractivity contribution < 1.29 is 0 Å². The summed E-state index contributed by atoms with van der Waals surface area (Å²) in [5, 5.41) is 0. The average molecular weight is 252 g/mol. The molecule has 0 aliphatic heterocycles. The van der Waals surface area contributed by atoms with Gasteiger partial charge in [-0.15, -0.1) is 0 Å². The SMILES string of the molecule is Cc1cnc(-c2cccc(C)c2-c2ncc(C)[nH]2)[nH]1. The summed E-state index contributed by atoms with van der Waals surface area (Å²) in [7, 11) is 0. The van der Waals surface area contributed by atoms with E-state index >= 15 is 0 Å². The van der Waals surface area contributed by atoms with Crippen LogP contribution in [0.1, 0.15) is 17.0 Å². The Morgan fingerprint density at radius 1 is 0.842 bits per heavy atom. The summed E-state index contributed by atoms with van der Waals surface area (Å²) in [5.74, 6) is 1.77. The molecule has 0 aliphatic carbocycles. The minimum Gasteiger partial charge on any atom is -0.342 e. The Morgan fingerprint density at radius 3 is 2.05 bits per heavy atom. The lowest BCUT2D eigenvalue weighted by atomic mass is 10.0. The molecular formula is C15H16N4. The van der Waals surface area contributed by atoms with E-state index in [1.54, 1.807) is 0 Å². The molecule has 3 rings (SSSR count). The van der Waals surface area contributed by atoms with E-state index in [-0.39, 0.29) is 0 Å². The van der Waals surface area contributed by atoms with Gasteiger partial charge in [0.15, 0.2) is 0 Å². The molecule has 0 spiro atoms. The molecule has 2 N–H and O–H groups in total. The van der Waals surface area contributed by atoms with Gasteiger partial charge in [0, 0.05) is 34.9 Å². The van der Waals surface area contributed by atoms with Gasteiger partial charge in [0.1, 0.15) is 11.6 Å². The second-order valence-electron chi connectivity index (χ2n) is 4.83. The van der Waals surface area contributed by atoms with Crippen LogP contribution in [0.25, 0.3) is 22.8 Å². The zero-order valence-corrected chi connectivity index (χ0v) is 11.3. The maximum Gasteiger partial charge on any atom is 0.138 e. The number of hydrogen-bond donors (Lipinski definition) is 2. The van der Waals surface area contributed by atoms with Crippen molar-refractivity contribution in [3.8, 4) is 22.8 Å². The number of aryl methyl sites for hydroxylation is 3. The van der Waals surface area contributed by atoms with Crippen LogP contribution < -0.4 is 0 Å². The van der Waals surface area contributed by atoms with Crippen LogP contribution in [0.15, 0.2) is 30.6 Å². The van der Waals surface area contributed by atoms with Crippen LogP contribution in [0.2, 0.25) is 0 Å². The molecule has 2 aromatic heterocycles. The van der Waals surface area contributed by atoms with Gasteiger partial charge in [0.05, 0.1) is 0 Å². The number of hydrogen-bond acceptors (Lipinski definition) is 2. The summed E-state index contributed by atoms with van der Waals surface area (Å²) in [4.78, 5) is 15.4. The third kappa shape index (κ3) is 2.05. The molecule has 96 valence electrons. The lowest BCUT2D eigenvalue weighted by Gasteiger charge is -2.08. The number of rotatable bonds is 2. The normalized spacial score (nSPS) is 10.9. The molecule has 0 radical (unpaired) electrons. The van der Waals surface area contributed by atoms with Gasteiger partial charge in [-0.2, -0.15) is 0 Å². The van der Waals surface area contributed by atoms with E-state index in [0.717, 1.165) is 34.2 Å². The van der Waals surface area contributed by atoms with E-state index in [1.165, 1.54) is 5.56 Å². The topological polar surface area (TPSA) is 57.4 Å². The van der Waals surface area contributed by atoms with Crippen molar-refractivity contribution in [2.45, 2.75) is 20.8 Å². The maximum absolute atomic E-state index is 4.44. The molecule has 0 unspecified atom stereocenters. The van der Waals surface area contributed by atoms with Gasteiger partial charge in [-0.05, 0) is 26.3 Å². The quantitative estimate of drug-likeness (QED) is 0.734. The van der Waals surface area contributed by atoms with Crippen LogP contribution in [0.3, 0.4) is 0 Å². The Kier molecular flexibility index (Phi) is 2.71. The molecule has 0 saturated heterocycles. The van der Waals surface area contributed by atoms with Gasteiger partial charge in [-0.3, -0.25) is 0 Å². The Hall–Kier alpha value is -2.36. The first-order valence-corrected chi connectivity index (χ1v) is 6.28. The summed E-state index contributed by atoms with van der Waals surface area (Å²) < 4.78 is 0. The third-order valence-electron chi connectivity index (χ3n) is 3.17. The second-order valence-corrected chi connectivity index (χ2v) is 4.83. The smallest absolute Gasteiger partial charge is 0.138 e. The number of H-pyrrole nitrogens is 2. The van der Waals surface area contributed by atoms with Crippen LogP contribution in [-0.4, -0.2) is 19.9 Å². The lowest BCUT2D eigenvalue weighted by molar-refractivity contribution is 1.22. The van der Waals surface area contributed by atoms with E-state index in [2.05, 4.69) is 39.0 Å². The first-order valence-electron chi connectivity index (χ1n) is 6.28. The Labute approximate surface area is 111 Å². The molecule has 4 nitrogen and oxygen atoms in total. The fourth-order valence-corrected chi connectivity index (χ4v) is 2.27. The monoisotopic (exact) mass is 252 g/mol. The average Bonchev–Trinajstić information content (AvgIpc) is 2.98. The van der Waals surface area contributed by atoms with E-state index in [1.807, 2.05) is 32.3 Å². The standard InChI is InChI=1S/C15H16N4/c1-9-5-4-6-12(14-16-7-10(2)18-14)13(9)15-17-8-11(3)19-15/h4-8H,1-3H3,(H,16,18)(H,17,19). The van der Waals surface area contributed by atoms with Gasteiger partial charge in [0.25, 0.3) is 0 Å². The molecule has 1 aromatic carbocycles. The molecule has 19 heavy (non-hydrogen) atoms. The Morgan fingerprint density at radius 2 is 1.47 bits per heavy atom. The highest BCUT2D eigenvalue weighted by molar-refractivity contribution is 5.79. The second kappa shape index (κ2) is 4.39. The van der Waals surface area contributed by atoms with Crippen molar-refractivity contribution in [2.24, 2.45) is 0 Å². The molecule has 0 atom stereocenters. The molecule has 0 fully saturated rings. The van der Waals surface area contributed by atoms with Gasteiger partial charge in [-0.1, -0.05) is 18.2 Å². The zero-order valence-electron chi connectivity index (χ0n) is 11.3. The van der Waals surface area contributed by atoms with Crippen molar-refractivity contribution >= 4 is 0 Å². The molecule has 0 amide bonds. The summed E-state index contributed by atoms with van der Waals surface area (Å²) >= 11 is 0. The fourth-order valence-electron chi connectivity index (χ4n) is 2.27. The van der Waals surface area contributed by atoms with Gasteiger partial charge < -0.3 is 9.97 Å². The van der Waals surface area contributed by atoms with Crippen molar-refractivity contribution in [2.75, 3.05) is 0 Å². The lowest BCUT2D eigenvalue weighted by Crippen LogP contribution is -1.92. The van der Waals surface area contributed by atoms with Gasteiger partial charge in [-0.25, -0.2) is 9.97 Å². The number of nitrogens with one attached hydrogen (secondary N) is 2. The minimum absolute atomic E-state index is 0.880. The van der Waals surface area contributed by atoms with E-state index in [9.17, 15) is 0 Å². The highest BCUT2D eigenvalue weighted by Gasteiger charge is 2.14. The van der Waals surface area contributed by atoms with E-state index < -0.39 is 0 Å². The summed E-state index contributed by atoms with van der Waals surface area (Å²) in [5.41, 5.74) is 5.46. The van der Waals surface area contributed by atoms with Crippen molar-refractivity contribution in [3.05, 3.63) is 47.5 Å². The van der Waals surface area contributed by atoms with Crippen LogP contribution >= 0.6 is 0 Å². The molecule has 3 aromatic rings. The van der Waals surface area contributed by atoms with Crippen LogP contribution in [0.5, 0.6) is 0 Å². The minimum atomic E-state index is 0.880. The highest BCUT2D eigenvalue weighted by atomic mass is 14.9. The molecule has 2 heterocycles.